The molecule has 0 N–H and O–H groups in total. The normalized spacial score (nSPS) is 18.2. The number of allylic oxidation sites excluding steroid dienone is 3. The van der Waals surface area contributed by atoms with Gasteiger partial charge in [0.1, 0.15) is 11.2 Å². The number of furan rings is 1. The number of rotatable bonds is 5. The van der Waals surface area contributed by atoms with Gasteiger partial charge in [-0.1, -0.05) is 174 Å². The second-order valence-corrected chi connectivity index (χ2v) is 17.6. The highest BCUT2D eigenvalue weighted by Crippen LogP contribution is 2.54. The van der Waals surface area contributed by atoms with Crippen molar-refractivity contribution in [1.29, 1.82) is 0 Å². The number of hydrogen-bond donors (Lipinski definition) is 0. The van der Waals surface area contributed by atoms with Crippen molar-refractivity contribution in [2.75, 3.05) is 4.90 Å². The van der Waals surface area contributed by atoms with E-state index in [0.717, 1.165) is 29.0 Å². The van der Waals surface area contributed by atoms with E-state index in [2.05, 4.69) is 209 Å². The molecule has 1 aromatic heterocycles. The molecule has 7 aromatic carbocycles. The van der Waals surface area contributed by atoms with Gasteiger partial charge in [-0.2, -0.15) is 0 Å². The summed E-state index contributed by atoms with van der Waals surface area (Å²) in [5.41, 5.74) is 19.3. The molecule has 1 unspecified atom stereocenters. The van der Waals surface area contributed by atoms with Crippen molar-refractivity contribution in [3.8, 4) is 33.4 Å². The molecule has 2 nitrogen and oxygen atoms in total. The highest BCUT2D eigenvalue weighted by Gasteiger charge is 2.39. The number of hydrogen-bond acceptors (Lipinski definition) is 2. The third-order valence-corrected chi connectivity index (χ3v) is 13.5. The molecule has 2 heteroatoms. The SMILES string of the molecule is CC1(c2cccc3c2oc2c4c(ccc23)C(C)(C)c2ccccc2-4)C=CC(N(c2ccc(-c3ccccc3)cc2)c2ccc3c(c2)C(C)(C)c2ccccc2-3)=CC1. The van der Waals surface area contributed by atoms with Crippen LogP contribution in [0, 0.1) is 0 Å². The standard InChI is InChI=1S/C55H45NO/c1-53(2)46-20-12-10-17-44(46)50-47(53)29-28-43-42-18-13-21-48(51(42)57-52(43)50)55(5)32-30-38(31-33-55)56(37-24-22-36(23-25-37)35-14-7-6-8-15-35)39-26-27-41-40-16-9-11-19-45(40)54(3,4)49(41)34-39/h6-32,34H,33H2,1-5H3. The molecule has 0 spiro atoms. The average Bonchev–Trinajstić information content (AvgIpc) is 3.82. The Morgan fingerprint density at radius 2 is 1.09 bits per heavy atom. The predicted octanol–water partition coefficient (Wildman–Crippen LogP) is 14.8. The molecular weight excluding hydrogens is 691 g/mol. The molecule has 276 valence electrons. The van der Waals surface area contributed by atoms with Gasteiger partial charge in [-0.3, -0.25) is 0 Å². The number of benzene rings is 7. The monoisotopic (exact) mass is 735 g/mol. The van der Waals surface area contributed by atoms with Gasteiger partial charge < -0.3 is 9.32 Å². The molecule has 1 atom stereocenters. The van der Waals surface area contributed by atoms with Gasteiger partial charge in [0.15, 0.2) is 0 Å². The smallest absolute Gasteiger partial charge is 0.143 e. The highest BCUT2D eigenvalue weighted by atomic mass is 16.3. The zero-order chi connectivity index (χ0) is 38.7. The fraction of sp³-hybridized carbons (Fsp3) is 0.164. The van der Waals surface area contributed by atoms with Crippen LogP contribution in [0.1, 0.15) is 68.9 Å². The topological polar surface area (TPSA) is 16.4 Å². The van der Waals surface area contributed by atoms with Crippen molar-refractivity contribution in [2.45, 2.75) is 57.3 Å². The molecule has 1 heterocycles. The van der Waals surface area contributed by atoms with Gasteiger partial charge in [-0.25, -0.2) is 0 Å². The Labute approximate surface area is 335 Å². The number of para-hydroxylation sites is 1. The lowest BCUT2D eigenvalue weighted by molar-refractivity contribution is 0.577. The molecule has 0 saturated heterocycles. The second-order valence-electron chi connectivity index (χ2n) is 17.6. The minimum absolute atomic E-state index is 0.0759. The van der Waals surface area contributed by atoms with Crippen molar-refractivity contribution in [2.24, 2.45) is 0 Å². The first kappa shape index (κ1) is 33.9. The van der Waals surface area contributed by atoms with Gasteiger partial charge in [-0.05, 0) is 86.8 Å². The minimum Gasteiger partial charge on any atom is -0.455 e. The van der Waals surface area contributed by atoms with E-state index in [1.54, 1.807) is 0 Å². The zero-order valence-electron chi connectivity index (χ0n) is 33.2. The molecule has 0 radical (unpaired) electrons. The molecule has 57 heavy (non-hydrogen) atoms. The maximum Gasteiger partial charge on any atom is 0.143 e. The first-order valence-corrected chi connectivity index (χ1v) is 20.3. The fourth-order valence-electron chi connectivity index (χ4n) is 10.3. The van der Waals surface area contributed by atoms with Crippen LogP contribution in [0.5, 0.6) is 0 Å². The van der Waals surface area contributed by atoms with E-state index in [1.165, 1.54) is 77.7 Å². The maximum absolute atomic E-state index is 7.08. The quantitative estimate of drug-likeness (QED) is 0.175. The summed E-state index contributed by atoms with van der Waals surface area (Å²) in [5.74, 6) is 0. The number of fused-ring (bicyclic) bond motifs is 10. The van der Waals surface area contributed by atoms with E-state index in [-0.39, 0.29) is 16.2 Å². The summed E-state index contributed by atoms with van der Waals surface area (Å²) in [5, 5.41) is 2.36. The number of anilines is 2. The lowest BCUT2D eigenvalue weighted by Gasteiger charge is -2.34. The van der Waals surface area contributed by atoms with Crippen molar-refractivity contribution in [3.63, 3.8) is 0 Å². The molecule has 0 aliphatic heterocycles. The summed E-state index contributed by atoms with van der Waals surface area (Å²) < 4.78 is 7.08. The predicted molar refractivity (Wildman–Crippen MR) is 238 cm³/mol. The van der Waals surface area contributed by atoms with E-state index in [0.29, 0.717) is 0 Å². The van der Waals surface area contributed by atoms with E-state index >= 15 is 0 Å². The van der Waals surface area contributed by atoms with Crippen LogP contribution in [0.2, 0.25) is 0 Å². The van der Waals surface area contributed by atoms with Gasteiger partial charge in [0.05, 0.1) is 0 Å². The molecular formula is C55H45NO. The third-order valence-electron chi connectivity index (χ3n) is 13.5. The maximum atomic E-state index is 7.08. The van der Waals surface area contributed by atoms with Crippen LogP contribution in [-0.2, 0) is 16.2 Å². The fourth-order valence-corrected chi connectivity index (χ4v) is 10.3. The molecule has 8 aromatic rings. The Balaban J connectivity index is 1.01. The number of nitrogens with zero attached hydrogens (tertiary/aromatic N) is 1. The van der Waals surface area contributed by atoms with Crippen LogP contribution >= 0.6 is 0 Å². The lowest BCUT2D eigenvalue weighted by atomic mass is 9.76. The van der Waals surface area contributed by atoms with Crippen LogP contribution in [0.3, 0.4) is 0 Å². The van der Waals surface area contributed by atoms with E-state index in [9.17, 15) is 0 Å². The summed E-state index contributed by atoms with van der Waals surface area (Å²) in [4.78, 5) is 2.44. The summed E-state index contributed by atoms with van der Waals surface area (Å²) in [6.07, 6.45) is 8.00. The first-order chi connectivity index (χ1) is 27.6. The van der Waals surface area contributed by atoms with E-state index < -0.39 is 0 Å². The third kappa shape index (κ3) is 4.89. The van der Waals surface area contributed by atoms with Gasteiger partial charge in [0, 0.05) is 55.2 Å². The second kappa shape index (κ2) is 12.1. The average molecular weight is 736 g/mol. The van der Waals surface area contributed by atoms with Crippen LogP contribution in [0.25, 0.3) is 55.3 Å². The Morgan fingerprint density at radius 3 is 1.84 bits per heavy atom. The van der Waals surface area contributed by atoms with Gasteiger partial charge in [0.2, 0.25) is 0 Å². The van der Waals surface area contributed by atoms with Crippen LogP contribution < -0.4 is 4.90 Å². The van der Waals surface area contributed by atoms with Gasteiger partial charge >= 0.3 is 0 Å². The van der Waals surface area contributed by atoms with Gasteiger partial charge in [-0.15, -0.1) is 0 Å². The Bertz CT molecular complexity index is 2990. The Hall–Kier alpha value is -6.38. The van der Waals surface area contributed by atoms with E-state index in [1.807, 2.05) is 0 Å². The zero-order valence-corrected chi connectivity index (χ0v) is 33.2. The summed E-state index contributed by atoms with van der Waals surface area (Å²) in [7, 11) is 0. The highest BCUT2D eigenvalue weighted by molar-refractivity contribution is 6.12. The minimum atomic E-state index is -0.262. The van der Waals surface area contributed by atoms with Gasteiger partial charge in [0.25, 0.3) is 0 Å². The van der Waals surface area contributed by atoms with E-state index in [4.69, 9.17) is 4.42 Å². The summed E-state index contributed by atoms with van der Waals surface area (Å²) in [6.45, 7) is 11.7. The van der Waals surface area contributed by atoms with Crippen LogP contribution in [0.4, 0.5) is 11.4 Å². The van der Waals surface area contributed by atoms with Crippen molar-refractivity contribution >= 4 is 33.3 Å². The molecule has 11 rings (SSSR count). The van der Waals surface area contributed by atoms with Crippen LogP contribution in [-0.4, -0.2) is 0 Å². The van der Waals surface area contributed by atoms with Crippen molar-refractivity contribution in [3.05, 3.63) is 203 Å². The summed E-state index contributed by atoms with van der Waals surface area (Å²) >= 11 is 0. The largest absolute Gasteiger partial charge is 0.455 e. The lowest BCUT2D eigenvalue weighted by Crippen LogP contribution is -2.25. The molecule has 0 amide bonds. The molecule has 3 aliphatic rings. The molecule has 0 bridgehead atoms. The Kier molecular flexibility index (Phi) is 7.18. The molecule has 0 fully saturated rings. The molecule has 0 saturated carbocycles. The van der Waals surface area contributed by atoms with Crippen LogP contribution in [0.15, 0.2) is 180 Å². The molecule has 3 aliphatic carbocycles. The summed E-state index contributed by atoms with van der Waals surface area (Å²) in [6, 6.07) is 55.8. The van der Waals surface area contributed by atoms with Crippen molar-refractivity contribution in [1.82, 2.24) is 0 Å². The first-order valence-electron chi connectivity index (χ1n) is 20.3. The Morgan fingerprint density at radius 1 is 0.474 bits per heavy atom. The van der Waals surface area contributed by atoms with Crippen molar-refractivity contribution < 1.29 is 4.42 Å².